The highest BCUT2D eigenvalue weighted by Gasteiger charge is 2.25. The number of hydrogen-bond acceptors (Lipinski definition) is 5. The largest absolute Gasteiger partial charge is 0.478 e. The zero-order valence-corrected chi connectivity index (χ0v) is 11.1. The lowest BCUT2D eigenvalue weighted by atomic mass is 10.1. The molecule has 1 saturated carbocycles. The van der Waals surface area contributed by atoms with E-state index in [2.05, 4.69) is 5.32 Å². The number of carbonyl (C=O) groups excluding carboxylic acids is 1. The molecule has 1 aliphatic carbocycles. The van der Waals surface area contributed by atoms with E-state index in [0.717, 1.165) is 18.9 Å². The molecule has 21 heavy (non-hydrogen) atoms. The number of carboxylic acids is 1. The van der Waals surface area contributed by atoms with E-state index in [4.69, 9.17) is 9.84 Å². The van der Waals surface area contributed by atoms with Crippen molar-refractivity contribution in [1.82, 2.24) is 5.32 Å². The van der Waals surface area contributed by atoms with Crippen molar-refractivity contribution >= 4 is 17.6 Å². The maximum Gasteiger partial charge on any atom is 0.339 e. The third-order valence-electron chi connectivity index (χ3n) is 3.05. The highest BCUT2D eigenvalue weighted by atomic mass is 16.6. The van der Waals surface area contributed by atoms with Gasteiger partial charge in [-0.15, -0.1) is 0 Å². The lowest BCUT2D eigenvalue weighted by Crippen LogP contribution is -2.30. The van der Waals surface area contributed by atoms with Gasteiger partial charge in [-0.1, -0.05) is 6.07 Å². The Morgan fingerprint density at radius 2 is 2.14 bits per heavy atom. The van der Waals surface area contributed by atoms with Gasteiger partial charge in [-0.05, 0) is 24.8 Å². The number of ether oxygens (including phenoxy) is 1. The molecule has 1 aromatic rings. The van der Waals surface area contributed by atoms with Crippen molar-refractivity contribution in [3.63, 3.8) is 0 Å². The maximum absolute atomic E-state index is 11.6. The van der Waals surface area contributed by atoms with Gasteiger partial charge in [0.15, 0.2) is 6.61 Å². The van der Waals surface area contributed by atoms with Gasteiger partial charge < -0.3 is 15.2 Å². The normalized spacial score (nSPS) is 13.5. The van der Waals surface area contributed by atoms with Crippen LogP contribution in [0.3, 0.4) is 0 Å². The molecule has 0 atom stereocenters. The molecule has 1 aliphatic rings. The van der Waals surface area contributed by atoms with Gasteiger partial charge in [-0.25, -0.2) is 4.79 Å². The summed E-state index contributed by atoms with van der Waals surface area (Å²) in [5.74, 6) is -1.70. The van der Waals surface area contributed by atoms with Crippen molar-refractivity contribution in [3.8, 4) is 5.75 Å². The quantitative estimate of drug-likeness (QED) is 0.576. The van der Waals surface area contributed by atoms with E-state index >= 15 is 0 Å². The number of hydrogen-bond donors (Lipinski definition) is 2. The Kier molecular flexibility index (Phi) is 4.36. The Bertz CT molecular complexity index is 550. The Morgan fingerprint density at radius 1 is 1.43 bits per heavy atom. The number of carboxylic acid groups (broad SMARTS) is 1. The van der Waals surface area contributed by atoms with Crippen LogP contribution in [0.25, 0.3) is 0 Å². The van der Waals surface area contributed by atoms with Gasteiger partial charge >= 0.3 is 11.7 Å². The number of nitrogens with zero attached hydrogens (tertiary/aromatic N) is 1. The van der Waals surface area contributed by atoms with E-state index in [-0.39, 0.29) is 5.56 Å². The van der Waals surface area contributed by atoms with Crippen LogP contribution in [0.1, 0.15) is 23.2 Å². The number of benzene rings is 1. The van der Waals surface area contributed by atoms with Gasteiger partial charge in [0, 0.05) is 12.6 Å². The predicted molar refractivity (Wildman–Crippen MR) is 71.3 cm³/mol. The summed E-state index contributed by atoms with van der Waals surface area (Å²) in [6.07, 6.45) is 2.16. The Labute approximate surface area is 119 Å². The number of nitro benzene ring substituents is 1. The van der Waals surface area contributed by atoms with E-state index in [0.29, 0.717) is 12.5 Å². The first kappa shape index (κ1) is 14.8. The Morgan fingerprint density at radius 3 is 2.71 bits per heavy atom. The van der Waals surface area contributed by atoms with Crippen LogP contribution in [0.2, 0.25) is 0 Å². The summed E-state index contributed by atoms with van der Waals surface area (Å²) in [7, 11) is 0. The number of nitrogens with one attached hydrogen (secondary N) is 1. The fourth-order valence-electron chi connectivity index (χ4n) is 1.76. The number of nitro groups is 1. The Balaban J connectivity index is 2.07. The molecule has 0 saturated heterocycles. The van der Waals surface area contributed by atoms with E-state index in [9.17, 15) is 19.7 Å². The summed E-state index contributed by atoms with van der Waals surface area (Å²) in [5, 5.41) is 22.5. The third-order valence-corrected chi connectivity index (χ3v) is 3.05. The number of carbonyl (C=O) groups is 2. The first-order chi connectivity index (χ1) is 9.99. The van der Waals surface area contributed by atoms with Crippen LogP contribution in [0.4, 0.5) is 5.69 Å². The topological polar surface area (TPSA) is 119 Å². The number of amides is 1. The second kappa shape index (κ2) is 6.21. The minimum absolute atomic E-state index is 0.348. The minimum Gasteiger partial charge on any atom is -0.478 e. The molecule has 0 unspecified atom stereocenters. The average Bonchev–Trinajstić information content (AvgIpc) is 3.26. The molecule has 0 spiro atoms. The fraction of sp³-hybridized carbons (Fsp3) is 0.385. The molecule has 8 heteroatoms. The van der Waals surface area contributed by atoms with Crippen molar-refractivity contribution in [2.75, 3.05) is 13.2 Å². The summed E-state index contributed by atoms with van der Waals surface area (Å²) in [4.78, 5) is 32.8. The first-order valence-corrected chi connectivity index (χ1v) is 6.39. The Hall–Kier alpha value is -2.64. The van der Waals surface area contributed by atoms with Crippen molar-refractivity contribution in [1.29, 1.82) is 0 Å². The molecule has 112 valence electrons. The molecular formula is C13H14N2O6. The molecule has 1 aromatic carbocycles. The summed E-state index contributed by atoms with van der Waals surface area (Å²) < 4.78 is 5.07. The molecule has 2 rings (SSSR count). The predicted octanol–water partition coefficient (Wildman–Crippen LogP) is 1.20. The molecular weight excluding hydrogens is 280 g/mol. The van der Waals surface area contributed by atoms with Crippen LogP contribution < -0.4 is 10.1 Å². The summed E-state index contributed by atoms with van der Waals surface area (Å²) in [6.45, 7) is 0.0860. The number of rotatable bonds is 7. The lowest BCUT2D eigenvalue weighted by molar-refractivity contribution is -0.385. The monoisotopic (exact) mass is 294 g/mol. The molecule has 2 N–H and O–H groups in total. The zero-order valence-electron chi connectivity index (χ0n) is 11.1. The van der Waals surface area contributed by atoms with Crippen LogP contribution in [0.5, 0.6) is 5.75 Å². The van der Waals surface area contributed by atoms with Crippen molar-refractivity contribution in [3.05, 3.63) is 33.9 Å². The molecule has 0 heterocycles. The first-order valence-electron chi connectivity index (χ1n) is 6.39. The van der Waals surface area contributed by atoms with Gasteiger partial charge in [0.2, 0.25) is 5.75 Å². The van der Waals surface area contributed by atoms with Crippen LogP contribution in [-0.4, -0.2) is 35.1 Å². The molecule has 0 aromatic heterocycles. The van der Waals surface area contributed by atoms with E-state index in [1.54, 1.807) is 0 Å². The molecule has 8 nitrogen and oxygen atoms in total. The van der Waals surface area contributed by atoms with Crippen molar-refractivity contribution < 1.29 is 24.4 Å². The zero-order chi connectivity index (χ0) is 15.4. The molecule has 1 amide bonds. The summed E-state index contributed by atoms with van der Waals surface area (Å²) in [5.41, 5.74) is -0.830. The van der Waals surface area contributed by atoms with Gasteiger partial charge in [0.1, 0.15) is 5.56 Å². The van der Waals surface area contributed by atoms with Crippen molar-refractivity contribution in [2.24, 2.45) is 5.92 Å². The highest BCUT2D eigenvalue weighted by molar-refractivity contribution is 5.92. The number of para-hydroxylation sites is 1. The second-order valence-corrected chi connectivity index (χ2v) is 4.75. The molecule has 1 fully saturated rings. The lowest BCUT2D eigenvalue weighted by Gasteiger charge is -2.09. The van der Waals surface area contributed by atoms with Crippen LogP contribution >= 0.6 is 0 Å². The molecule has 0 radical (unpaired) electrons. The molecule has 0 aliphatic heterocycles. The minimum atomic E-state index is -1.35. The van der Waals surface area contributed by atoms with Crippen LogP contribution in [0, 0.1) is 16.0 Å². The van der Waals surface area contributed by atoms with E-state index in [1.807, 2.05) is 0 Å². The van der Waals surface area contributed by atoms with Gasteiger partial charge in [-0.3, -0.25) is 14.9 Å². The summed E-state index contributed by atoms with van der Waals surface area (Å²) >= 11 is 0. The van der Waals surface area contributed by atoms with Crippen LogP contribution in [0.15, 0.2) is 18.2 Å². The number of aromatic carboxylic acids is 1. The maximum atomic E-state index is 11.6. The second-order valence-electron chi connectivity index (χ2n) is 4.75. The average molecular weight is 294 g/mol. The SMILES string of the molecule is O=C(COc1c(C(=O)O)cccc1[N+](=O)[O-])NCC1CC1. The van der Waals surface area contributed by atoms with Crippen LogP contribution in [-0.2, 0) is 4.79 Å². The van der Waals surface area contributed by atoms with E-state index < -0.39 is 34.8 Å². The fourth-order valence-corrected chi connectivity index (χ4v) is 1.76. The highest BCUT2D eigenvalue weighted by Crippen LogP contribution is 2.31. The summed E-state index contributed by atoms with van der Waals surface area (Å²) in [6, 6.07) is 3.57. The molecule has 0 bridgehead atoms. The van der Waals surface area contributed by atoms with Gasteiger partial charge in [0.05, 0.1) is 4.92 Å². The van der Waals surface area contributed by atoms with E-state index in [1.165, 1.54) is 12.1 Å². The third kappa shape index (κ3) is 3.91. The van der Waals surface area contributed by atoms with Gasteiger partial charge in [0.25, 0.3) is 5.91 Å². The standard InChI is InChI=1S/C13H14N2O6/c16-11(14-6-8-4-5-8)7-21-12-9(13(17)18)2-1-3-10(12)15(19)20/h1-3,8H,4-7H2,(H,14,16)(H,17,18). The smallest absolute Gasteiger partial charge is 0.339 e. The van der Waals surface area contributed by atoms with Crippen molar-refractivity contribution in [2.45, 2.75) is 12.8 Å². The van der Waals surface area contributed by atoms with Gasteiger partial charge in [-0.2, -0.15) is 0 Å².